The van der Waals surface area contributed by atoms with Gasteiger partial charge in [0, 0.05) is 0 Å². The van der Waals surface area contributed by atoms with Gasteiger partial charge in [0.05, 0.1) is 62.8 Å². The van der Waals surface area contributed by atoms with E-state index >= 15 is 0 Å². The molecule has 0 heterocycles. The Balaban J connectivity index is 3.41. The standard InChI is InChI=1S/C8H4B8O/c9-5(10)4(2-1-3-17)6(11,12)8(15,16)7(5,13)14/h1-4H/b2-1+. The summed E-state index contributed by atoms with van der Waals surface area (Å²) in [6.07, 6.45) is 2.93. The van der Waals surface area contributed by atoms with Gasteiger partial charge in [-0.3, -0.25) is 4.79 Å². The Bertz CT molecular complexity index is 333. The molecule has 0 bridgehead atoms. The summed E-state index contributed by atoms with van der Waals surface area (Å²) in [6.45, 7) is 0. The Hall–Kier alpha value is -0.0705. The Labute approximate surface area is 113 Å². The third-order valence-corrected chi connectivity index (χ3v) is 3.53. The smallest absolute Gasteiger partial charge is 0.142 e. The van der Waals surface area contributed by atoms with Crippen molar-refractivity contribution in [1.82, 2.24) is 0 Å². The van der Waals surface area contributed by atoms with Crippen molar-refractivity contribution in [3.63, 3.8) is 0 Å². The zero-order chi connectivity index (χ0) is 13.7. The maximum Gasteiger partial charge on any atom is 0.142 e. The maximum absolute atomic E-state index is 10.3. The van der Waals surface area contributed by atoms with Crippen molar-refractivity contribution < 1.29 is 4.79 Å². The first kappa shape index (κ1) is 15.0. The molecule has 1 rings (SSSR count). The van der Waals surface area contributed by atoms with Crippen LogP contribution in [0, 0.1) is 5.92 Å². The number of hydrogen-bond acceptors (Lipinski definition) is 1. The molecule has 0 aromatic rings. The summed E-state index contributed by atoms with van der Waals surface area (Å²) in [5, 5.41) is -7.36. The molecule has 0 aliphatic heterocycles. The van der Waals surface area contributed by atoms with Gasteiger partial charge >= 0.3 is 0 Å². The van der Waals surface area contributed by atoms with Crippen molar-refractivity contribution in [1.29, 1.82) is 0 Å². The van der Waals surface area contributed by atoms with E-state index in [0.717, 1.165) is 6.08 Å². The zero-order valence-electron chi connectivity index (χ0n) is 9.34. The SMILES string of the molecule is [B]C1([B])C(/C=C/C=O)C([B])([B])C([B])([B])C1([B])[B]. The molecule has 1 nitrogen and oxygen atoms in total. The molecule has 17 heavy (non-hydrogen) atoms. The van der Waals surface area contributed by atoms with Gasteiger partial charge in [0.25, 0.3) is 0 Å². The van der Waals surface area contributed by atoms with E-state index < -0.39 is 26.8 Å². The first-order chi connectivity index (χ1) is 7.44. The monoisotopic (exact) mass is 204 g/mol. The normalized spacial score (nSPS) is 29.2. The largest absolute Gasteiger partial charge is 0.299 e. The van der Waals surface area contributed by atoms with E-state index in [4.69, 9.17) is 62.8 Å². The number of allylic oxidation sites excluding steroid dienone is 2. The van der Waals surface area contributed by atoms with Crippen LogP contribution in [0.15, 0.2) is 12.2 Å². The number of rotatable bonds is 2. The van der Waals surface area contributed by atoms with Crippen molar-refractivity contribution in [2.75, 3.05) is 0 Å². The van der Waals surface area contributed by atoms with Gasteiger partial charge in [0.2, 0.25) is 0 Å². The molecule has 16 radical (unpaired) electrons. The second-order valence-electron chi connectivity index (χ2n) is 4.60. The average molecular weight is 203 g/mol. The number of carbonyl (C=O) groups excluding carboxylic acids is 1. The van der Waals surface area contributed by atoms with Gasteiger partial charge in [-0.1, -0.05) is 6.08 Å². The van der Waals surface area contributed by atoms with Crippen LogP contribution in [0.2, 0.25) is 20.9 Å². The molecule has 9 heteroatoms. The second-order valence-corrected chi connectivity index (χ2v) is 4.60. The van der Waals surface area contributed by atoms with Gasteiger partial charge in [0.15, 0.2) is 0 Å². The molecule has 0 atom stereocenters. The molecule has 0 N–H and O–H groups in total. The first-order valence-corrected chi connectivity index (χ1v) is 4.87. The van der Waals surface area contributed by atoms with Crippen molar-refractivity contribution in [3.05, 3.63) is 12.2 Å². The molecular weight excluding hydrogens is 199 g/mol. The highest BCUT2D eigenvalue weighted by Gasteiger charge is 2.62. The number of hydrogen-bond donors (Lipinski definition) is 0. The maximum atomic E-state index is 10.3. The molecule has 0 aromatic carbocycles. The Morgan fingerprint density at radius 2 is 1.12 bits per heavy atom. The predicted octanol–water partition coefficient (Wildman–Crippen LogP) is -1.82. The minimum atomic E-state index is -1.92. The fourth-order valence-electron chi connectivity index (χ4n) is 2.10. The molecule has 1 saturated carbocycles. The van der Waals surface area contributed by atoms with E-state index in [9.17, 15) is 4.79 Å². The highest BCUT2D eigenvalue weighted by atomic mass is 16.1. The van der Waals surface area contributed by atoms with E-state index in [0.29, 0.717) is 6.29 Å². The topological polar surface area (TPSA) is 17.1 Å². The van der Waals surface area contributed by atoms with Gasteiger partial charge in [-0.05, 0) is 12.0 Å². The van der Waals surface area contributed by atoms with Crippen molar-refractivity contribution in [3.8, 4) is 0 Å². The summed E-state index contributed by atoms with van der Waals surface area (Å²) in [5.74, 6) is -0.967. The molecule has 0 amide bonds. The third kappa shape index (κ3) is 1.68. The lowest BCUT2D eigenvalue weighted by Crippen LogP contribution is -2.39. The quantitative estimate of drug-likeness (QED) is 0.293. The molecule has 1 fully saturated rings. The number of carbonyl (C=O) groups is 1. The molecule has 0 unspecified atom stereocenters. The highest BCUT2D eigenvalue weighted by molar-refractivity contribution is 6.68. The van der Waals surface area contributed by atoms with E-state index in [1.165, 1.54) is 6.08 Å². The van der Waals surface area contributed by atoms with Crippen LogP contribution in [0.1, 0.15) is 0 Å². The summed E-state index contributed by atoms with van der Waals surface area (Å²) < 4.78 is 0. The predicted molar refractivity (Wildman–Crippen MR) is 75.5 cm³/mol. The molecule has 0 aromatic heterocycles. The second kappa shape index (κ2) is 3.96. The van der Waals surface area contributed by atoms with E-state index in [2.05, 4.69) is 0 Å². The lowest BCUT2D eigenvalue weighted by atomic mass is 9.17. The van der Waals surface area contributed by atoms with E-state index in [1.807, 2.05) is 0 Å². The summed E-state index contributed by atoms with van der Waals surface area (Å²) >= 11 is 0. The van der Waals surface area contributed by atoms with Crippen molar-refractivity contribution >= 4 is 69.1 Å². The molecular formula is C8H4B8O. The van der Waals surface area contributed by atoms with Gasteiger partial charge in [-0.15, -0.1) is 20.9 Å². The van der Waals surface area contributed by atoms with Gasteiger partial charge < -0.3 is 0 Å². The van der Waals surface area contributed by atoms with E-state index in [1.54, 1.807) is 0 Å². The van der Waals surface area contributed by atoms with Crippen LogP contribution in [0.25, 0.3) is 0 Å². The molecule has 0 spiro atoms. The highest BCUT2D eigenvalue weighted by Crippen LogP contribution is 2.78. The molecule has 1 aliphatic carbocycles. The lowest BCUT2D eigenvalue weighted by molar-refractivity contribution is -0.104. The van der Waals surface area contributed by atoms with Crippen molar-refractivity contribution in [2.24, 2.45) is 5.92 Å². The summed E-state index contributed by atoms with van der Waals surface area (Å²) in [7, 11) is 46.4. The van der Waals surface area contributed by atoms with Gasteiger partial charge in [-0.2, -0.15) is 0 Å². The van der Waals surface area contributed by atoms with E-state index in [-0.39, 0.29) is 0 Å². The third-order valence-electron chi connectivity index (χ3n) is 3.53. The minimum absolute atomic E-state index is 0.508. The van der Waals surface area contributed by atoms with Crippen LogP contribution in [-0.2, 0) is 4.79 Å². The molecule has 1 aliphatic rings. The zero-order valence-corrected chi connectivity index (χ0v) is 9.34. The van der Waals surface area contributed by atoms with Crippen LogP contribution < -0.4 is 0 Å². The van der Waals surface area contributed by atoms with Crippen LogP contribution in [0.5, 0.6) is 0 Å². The summed E-state index contributed by atoms with van der Waals surface area (Å²) in [5.41, 5.74) is 0. The first-order valence-electron chi connectivity index (χ1n) is 4.87. The summed E-state index contributed by atoms with van der Waals surface area (Å²) in [4.78, 5) is 10.3. The minimum Gasteiger partial charge on any atom is -0.299 e. The Morgan fingerprint density at radius 3 is 1.41 bits per heavy atom. The van der Waals surface area contributed by atoms with Crippen LogP contribution in [0.3, 0.4) is 0 Å². The Kier molecular flexibility index (Phi) is 3.49. The Morgan fingerprint density at radius 1 is 0.765 bits per heavy atom. The fourth-order valence-corrected chi connectivity index (χ4v) is 2.10. The molecule has 0 saturated heterocycles. The van der Waals surface area contributed by atoms with Crippen molar-refractivity contribution in [2.45, 2.75) is 20.9 Å². The average Bonchev–Trinajstić information content (AvgIpc) is 2.21. The van der Waals surface area contributed by atoms with Gasteiger partial charge in [-0.25, -0.2) is 0 Å². The number of aldehydes is 1. The van der Waals surface area contributed by atoms with Gasteiger partial charge in [0.1, 0.15) is 6.29 Å². The lowest BCUT2D eigenvalue weighted by Gasteiger charge is -2.51. The van der Waals surface area contributed by atoms with Crippen LogP contribution >= 0.6 is 0 Å². The van der Waals surface area contributed by atoms with Crippen LogP contribution in [0.4, 0.5) is 0 Å². The molecule has 66 valence electrons. The fraction of sp³-hybridized carbons (Fsp3) is 0.625. The van der Waals surface area contributed by atoms with Crippen LogP contribution in [-0.4, -0.2) is 69.1 Å². The summed E-state index contributed by atoms with van der Waals surface area (Å²) in [6, 6.07) is 0.